The van der Waals surface area contributed by atoms with Gasteiger partial charge in [0.05, 0.1) is 6.54 Å². The van der Waals surface area contributed by atoms with Crippen molar-refractivity contribution in [3.63, 3.8) is 0 Å². The van der Waals surface area contributed by atoms with E-state index in [1.165, 1.54) is 5.56 Å². The van der Waals surface area contributed by atoms with Crippen LogP contribution in [-0.4, -0.2) is 50.5 Å². The quantitative estimate of drug-likeness (QED) is 0.532. The van der Waals surface area contributed by atoms with E-state index in [1.807, 2.05) is 24.3 Å². The van der Waals surface area contributed by atoms with Crippen molar-refractivity contribution in [1.29, 1.82) is 0 Å². The molecular formula is C24H34N4O. The van der Waals surface area contributed by atoms with Crippen LogP contribution in [0.5, 0.6) is 0 Å². The van der Waals surface area contributed by atoms with Gasteiger partial charge in [0.2, 0.25) is 0 Å². The molecule has 0 unspecified atom stereocenters. The summed E-state index contributed by atoms with van der Waals surface area (Å²) in [5.74, 6) is 0.842. The third kappa shape index (κ3) is 6.93. The Morgan fingerprint density at radius 2 is 1.76 bits per heavy atom. The maximum Gasteiger partial charge on any atom is 0.253 e. The molecule has 0 bridgehead atoms. The smallest absolute Gasteiger partial charge is 0.253 e. The highest BCUT2D eigenvalue weighted by Gasteiger charge is 2.20. The highest BCUT2D eigenvalue weighted by molar-refractivity contribution is 5.94. The Labute approximate surface area is 175 Å². The van der Waals surface area contributed by atoms with Gasteiger partial charge >= 0.3 is 0 Å². The molecule has 0 aromatic heterocycles. The van der Waals surface area contributed by atoms with E-state index in [0.29, 0.717) is 6.54 Å². The molecule has 0 saturated heterocycles. The maximum absolute atomic E-state index is 12.1. The number of amides is 1. The zero-order valence-electron chi connectivity index (χ0n) is 18.3. The summed E-state index contributed by atoms with van der Waals surface area (Å²) in [4.78, 5) is 18.5. The average molecular weight is 395 g/mol. The number of rotatable bonds is 8. The van der Waals surface area contributed by atoms with E-state index in [0.717, 1.165) is 36.6 Å². The van der Waals surface area contributed by atoms with Crippen LogP contribution in [0.25, 0.3) is 0 Å². The number of nitrogens with zero attached hydrogens (tertiary/aromatic N) is 2. The Balaban J connectivity index is 1.96. The lowest BCUT2D eigenvalue weighted by atomic mass is 9.85. The lowest BCUT2D eigenvalue weighted by molar-refractivity contribution is 0.0827. The Bertz CT molecular complexity index is 813. The van der Waals surface area contributed by atoms with Crippen LogP contribution in [0.3, 0.4) is 0 Å². The van der Waals surface area contributed by atoms with Crippen molar-refractivity contribution in [1.82, 2.24) is 15.5 Å². The number of benzene rings is 2. The third-order valence-corrected chi connectivity index (χ3v) is 4.82. The molecule has 2 rings (SSSR count). The molecule has 0 aliphatic carbocycles. The normalized spacial score (nSPS) is 11.8. The molecule has 2 aromatic carbocycles. The summed E-state index contributed by atoms with van der Waals surface area (Å²) in [6.07, 6.45) is 0.820. The summed E-state index contributed by atoms with van der Waals surface area (Å²) >= 11 is 0. The zero-order valence-corrected chi connectivity index (χ0v) is 18.3. The number of guanidine groups is 1. The van der Waals surface area contributed by atoms with Gasteiger partial charge in [0.15, 0.2) is 5.96 Å². The van der Waals surface area contributed by atoms with Crippen LogP contribution in [0.2, 0.25) is 0 Å². The number of carbonyl (C=O) groups excluding carboxylic acids is 1. The first-order valence-electron chi connectivity index (χ1n) is 10.2. The summed E-state index contributed by atoms with van der Waals surface area (Å²) < 4.78 is 0. The Morgan fingerprint density at radius 3 is 2.41 bits per heavy atom. The predicted molar refractivity (Wildman–Crippen MR) is 122 cm³/mol. The van der Waals surface area contributed by atoms with Gasteiger partial charge in [-0.15, -0.1) is 0 Å². The summed E-state index contributed by atoms with van der Waals surface area (Å²) in [7, 11) is 3.54. The molecule has 0 fully saturated rings. The van der Waals surface area contributed by atoms with Gasteiger partial charge in [-0.1, -0.05) is 56.3 Å². The fourth-order valence-electron chi connectivity index (χ4n) is 3.04. The number of hydrogen-bond acceptors (Lipinski definition) is 2. The van der Waals surface area contributed by atoms with E-state index in [1.54, 1.807) is 19.0 Å². The van der Waals surface area contributed by atoms with Crippen molar-refractivity contribution in [2.45, 2.75) is 32.6 Å². The van der Waals surface area contributed by atoms with Crippen LogP contribution >= 0.6 is 0 Å². The maximum atomic E-state index is 12.1. The molecule has 156 valence electrons. The molecule has 29 heavy (non-hydrogen) atoms. The van der Waals surface area contributed by atoms with Gasteiger partial charge in [0, 0.05) is 38.2 Å². The minimum absolute atomic E-state index is 0.0258. The molecular weight excluding hydrogens is 360 g/mol. The summed E-state index contributed by atoms with van der Waals surface area (Å²) in [5.41, 5.74) is 3.09. The lowest BCUT2D eigenvalue weighted by Crippen LogP contribution is -2.39. The largest absolute Gasteiger partial charge is 0.357 e. The second-order valence-corrected chi connectivity index (χ2v) is 8.02. The molecule has 0 aliphatic rings. The molecule has 0 radical (unpaired) electrons. The van der Waals surface area contributed by atoms with Crippen molar-refractivity contribution in [2.24, 2.45) is 4.99 Å². The van der Waals surface area contributed by atoms with E-state index in [2.05, 4.69) is 61.7 Å². The van der Waals surface area contributed by atoms with Crippen LogP contribution in [0.1, 0.15) is 42.3 Å². The fraction of sp³-hybridized carbons (Fsp3) is 0.417. The van der Waals surface area contributed by atoms with Crippen molar-refractivity contribution in [3.05, 3.63) is 71.3 Å². The second-order valence-electron chi connectivity index (χ2n) is 8.02. The molecule has 2 N–H and O–H groups in total. The predicted octanol–water partition coefficient (Wildman–Crippen LogP) is 3.46. The standard InChI is InChI=1S/C24H34N4O/c1-6-25-23(27-18-24(2,3)21-13-8-7-9-14-21)26-16-15-19-11-10-12-20(17-19)22(29)28(4)5/h7-14,17H,6,15-16,18H2,1-5H3,(H2,25,26,27). The van der Waals surface area contributed by atoms with Crippen LogP contribution in [0.4, 0.5) is 0 Å². The topological polar surface area (TPSA) is 56.7 Å². The molecule has 0 spiro atoms. The minimum atomic E-state index is -0.0372. The first-order chi connectivity index (χ1) is 13.8. The molecule has 0 atom stereocenters. The molecule has 0 saturated carbocycles. The van der Waals surface area contributed by atoms with E-state index >= 15 is 0 Å². The van der Waals surface area contributed by atoms with Crippen LogP contribution in [-0.2, 0) is 11.8 Å². The zero-order chi connectivity index (χ0) is 21.3. The highest BCUT2D eigenvalue weighted by Crippen LogP contribution is 2.22. The van der Waals surface area contributed by atoms with Gasteiger partial charge in [-0.3, -0.25) is 9.79 Å². The molecule has 2 aromatic rings. The first kappa shape index (κ1) is 22.5. The summed E-state index contributed by atoms with van der Waals surface area (Å²) in [5, 5.41) is 6.72. The average Bonchev–Trinajstić information content (AvgIpc) is 2.72. The molecule has 5 nitrogen and oxygen atoms in total. The van der Waals surface area contributed by atoms with Crippen LogP contribution in [0, 0.1) is 0 Å². The van der Waals surface area contributed by atoms with Crippen LogP contribution in [0.15, 0.2) is 59.6 Å². The minimum Gasteiger partial charge on any atom is -0.357 e. The lowest BCUT2D eigenvalue weighted by Gasteiger charge is -2.24. The van der Waals surface area contributed by atoms with Gasteiger partial charge in [-0.25, -0.2) is 0 Å². The highest BCUT2D eigenvalue weighted by atomic mass is 16.2. The first-order valence-corrected chi connectivity index (χ1v) is 10.2. The summed E-state index contributed by atoms with van der Waals surface area (Å²) in [6, 6.07) is 18.3. The van der Waals surface area contributed by atoms with E-state index < -0.39 is 0 Å². The monoisotopic (exact) mass is 394 g/mol. The molecule has 1 amide bonds. The van der Waals surface area contributed by atoms with Crippen molar-refractivity contribution in [3.8, 4) is 0 Å². The van der Waals surface area contributed by atoms with Gasteiger partial charge in [-0.2, -0.15) is 0 Å². The molecule has 5 heteroatoms. The van der Waals surface area contributed by atoms with Gasteiger partial charge in [0.25, 0.3) is 5.91 Å². The van der Waals surface area contributed by atoms with Crippen molar-refractivity contribution in [2.75, 3.05) is 33.7 Å². The Morgan fingerprint density at radius 1 is 1.03 bits per heavy atom. The van der Waals surface area contributed by atoms with E-state index in [9.17, 15) is 4.79 Å². The number of aliphatic imine (C=N–C) groups is 1. The summed E-state index contributed by atoms with van der Waals surface area (Å²) in [6.45, 7) is 8.74. The Hall–Kier alpha value is -2.82. The Kier molecular flexibility index (Phi) is 8.25. The second kappa shape index (κ2) is 10.6. The van der Waals surface area contributed by atoms with Crippen LogP contribution < -0.4 is 10.6 Å². The number of nitrogens with one attached hydrogen (secondary N) is 2. The van der Waals surface area contributed by atoms with Crippen molar-refractivity contribution < 1.29 is 4.79 Å². The third-order valence-electron chi connectivity index (χ3n) is 4.82. The van der Waals surface area contributed by atoms with E-state index in [-0.39, 0.29) is 11.3 Å². The number of carbonyl (C=O) groups is 1. The van der Waals surface area contributed by atoms with Crippen molar-refractivity contribution >= 4 is 11.9 Å². The van der Waals surface area contributed by atoms with Gasteiger partial charge in [0.1, 0.15) is 0 Å². The van der Waals surface area contributed by atoms with E-state index in [4.69, 9.17) is 4.99 Å². The van der Waals surface area contributed by atoms with Gasteiger partial charge < -0.3 is 15.5 Å². The SMILES string of the molecule is CCNC(=NCC(C)(C)c1ccccc1)NCCc1cccc(C(=O)N(C)C)c1. The fourth-order valence-corrected chi connectivity index (χ4v) is 3.04. The van der Waals surface area contributed by atoms with Gasteiger partial charge in [-0.05, 0) is 36.6 Å². The number of hydrogen-bond donors (Lipinski definition) is 2. The molecule has 0 heterocycles. The molecule has 0 aliphatic heterocycles.